The summed E-state index contributed by atoms with van der Waals surface area (Å²) < 4.78 is 35.6. The number of ether oxygens (including phenoxy) is 2. The van der Waals surface area contributed by atoms with Crippen LogP contribution in [0.5, 0.6) is 5.75 Å². The summed E-state index contributed by atoms with van der Waals surface area (Å²) in [5.74, 6) is -0.259. The molecule has 0 radical (unpaired) electrons. The second kappa shape index (κ2) is 7.09. The Labute approximate surface area is 151 Å². The molecule has 2 aromatic rings. The van der Waals surface area contributed by atoms with Crippen LogP contribution in [0.3, 0.4) is 0 Å². The van der Waals surface area contributed by atoms with E-state index in [1.807, 2.05) is 30.3 Å². The molecule has 0 aromatic heterocycles. The monoisotopic (exact) mass is 378 g/mol. The highest BCUT2D eigenvalue weighted by Crippen LogP contribution is 2.49. The quantitative estimate of drug-likeness (QED) is 0.742. The number of rotatable bonds is 5. The standard InChI is InChI=1S/C18H18O5S2/c1-3-23-18(19)13-9-10-15-16(17(13)22-2)14(11-25(15,20)21)24-12-7-5-4-6-8-12/h4-10,14H,3,11H2,1-2H3. The van der Waals surface area contributed by atoms with E-state index >= 15 is 0 Å². The van der Waals surface area contributed by atoms with Crippen LogP contribution in [0.4, 0.5) is 0 Å². The lowest BCUT2D eigenvalue weighted by Gasteiger charge is -2.16. The Kier molecular flexibility index (Phi) is 5.06. The molecule has 0 spiro atoms. The van der Waals surface area contributed by atoms with E-state index in [0.29, 0.717) is 5.56 Å². The molecular formula is C18H18O5S2. The summed E-state index contributed by atoms with van der Waals surface area (Å²) >= 11 is 1.45. The number of hydrogen-bond donors (Lipinski definition) is 0. The van der Waals surface area contributed by atoms with E-state index in [4.69, 9.17) is 9.47 Å². The van der Waals surface area contributed by atoms with Crippen molar-refractivity contribution in [3.8, 4) is 5.75 Å². The first-order valence-corrected chi connectivity index (χ1v) is 10.3. The Morgan fingerprint density at radius 1 is 1.20 bits per heavy atom. The highest BCUT2D eigenvalue weighted by Gasteiger charge is 2.39. The Morgan fingerprint density at radius 2 is 1.92 bits per heavy atom. The minimum Gasteiger partial charge on any atom is -0.495 e. The number of carbonyl (C=O) groups is 1. The molecule has 0 fully saturated rings. The van der Waals surface area contributed by atoms with Crippen LogP contribution in [0.1, 0.15) is 28.1 Å². The van der Waals surface area contributed by atoms with Gasteiger partial charge in [0.2, 0.25) is 0 Å². The topological polar surface area (TPSA) is 69.7 Å². The van der Waals surface area contributed by atoms with Gasteiger partial charge in [0.25, 0.3) is 0 Å². The zero-order chi connectivity index (χ0) is 18.0. The third-order valence-electron chi connectivity index (χ3n) is 3.90. The van der Waals surface area contributed by atoms with Crippen molar-refractivity contribution in [3.63, 3.8) is 0 Å². The minimum absolute atomic E-state index is 0.0233. The molecule has 0 aliphatic carbocycles. The van der Waals surface area contributed by atoms with Gasteiger partial charge in [0, 0.05) is 10.5 Å². The maximum atomic E-state index is 12.5. The molecule has 132 valence electrons. The number of fused-ring (bicyclic) bond motifs is 1. The van der Waals surface area contributed by atoms with Crippen LogP contribution in [-0.2, 0) is 14.6 Å². The normalized spacial score (nSPS) is 17.8. The predicted molar refractivity (Wildman–Crippen MR) is 96.0 cm³/mol. The lowest BCUT2D eigenvalue weighted by molar-refractivity contribution is 0.0522. The summed E-state index contributed by atoms with van der Waals surface area (Å²) in [4.78, 5) is 13.4. The zero-order valence-electron chi connectivity index (χ0n) is 13.9. The van der Waals surface area contributed by atoms with Crippen LogP contribution in [0.2, 0.25) is 0 Å². The summed E-state index contributed by atoms with van der Waals surface area (Å²) in [6, 6.07) is 12.5. The molecule has 1 unspecified atom stereocenters. The van der Waals surface area contributed by atoms with Crippen LogP contribution < -0.4 is 4.74 Å². The molecule has 0 amide bonds. The largest absolute Gasteiger partial charge is 0.495 e. The average Bonchev–Trinajstić information content (AvgIpc) is 2.85. The van der Waals surface area contributed by atoms with Crippen LogP contribution in [0.25, 0.3) is 0 Å². The SMILES string of the molecule is CCOC(=O)c1ccc2c(c1OC)C(Sc1ccccc1)CS2(=O)=O. The molecule has 1 atom stereocenters. The maximum absolute atomic E-state index is 12.5. The van der Waals surface area contributed by atoms with Crippen molar-refractivity contribution in [2.24, 2.45) is 0 Å². The Bertz CT molecular complexity index is 891. The van der Waals surface area contributed by atoms with Crippen LogP contribution in [0, 0.1) is 0 Å². The second-order valence-electron chi connectivity index (χ2n) is 5.48. The first-order valence-electron chi connectivity index (χ1n) is 7.80. The highest BCUT2D eigenvalue weighted by molar-refractivity contribution is 8.01. The summed E-state index contributed by atoms with van der Waals surface area (Å²) in [6.45, 7) is 1.95. The molecule has 0 saturated heterocycles. The van der Waals surface area contributed by atoms with Crippen molar-refractivity contribution in [2.75, 3.05) is 19.5 Å². The molecule has 1 aliphatic heterocycles. The smallest absolute Gasteiger partial charge is 0.341 e. The summed E-state index contributed by atoms with van der Waals surface area (Å²) in [7, 11) is -1.98. The van der Waals surface area contributed by atoms with Crippen molar-refractivity contribution >= 4 is 27.6 Å². The second-order valence-corrected chi connectivity index (χ2v) is 8.76. The Balaban J connectivity index is 2.10. The Morgan fingerprint density at radius 3 is 2.56 bits per heavy atom. The number of hydrogen-bond acceptors (Lipinski definition) is 6. The maximum Gasteiger partial charge on any atom is 0.341 e. The number of benzene rings is 2. The van der Waals surface area contributed by atoms with Crippen molar-refractivity contribution in [1.82, 2.24) is 0 Å². The third kappa shape index (κ3) is 3.39. The van der Waals surface area contributed by atoms with Gasteiger partial charge >= 0.3 is 5.97 Å². The number of sulfone groups is 1. The van der Waals surface area contributed by atoms with E-state index < -0.39 is 15.8 Å². The van der Waals surface area contributed by atoms with E-state index in [1.54, 1.807) is 6.92 Å². The van der Waals surface area contributed by atoms with E-state index in [0.717, 1.165) is 4.90 Å². The molecule has 2 aromatic carbocycles. The van der Waals surface area contributed by atoms with Gasteiger partial charge in [-0.15, -0.1) is 11.8 Å². The van der Waals surface area contributed by atoms with Gasteiger partial charge in [-0.2, -0.15) is 0 Å². The first kappa shape index (κ1) is 17.8. The highest BCUT2D eigenvalue weighted by atomic mass is 32.2. The summed E-state index contributed by atoms with van der Waals surface area (Å²) in [6.07, 6.45) is 0. The molecular weight excluding hydrogens is 360 g/mol. The summed E-state index contributed by atoms with van der Waals surface area (Å²) in [5.41, 5.74) is 0.792. The number of carbonyl (C=O) groups excluding carboxylic acids is 1. The molecule has 1 heterocycles. The van der Waals surface area contributed by atoms with Crippen molar-refractivity contribution < 1.29 is 22.7 Å². The fraction of sp³-hybridized carbons (Fsp3) is 0.278. The van der Waals surface area contributed by atoms with Crippen LogP contribution in [0.15, 0.2) is 52.3 Å². The van der Waals surface area contributed by atoms with Crippen molar-refractivity contribution in [3.05, 3.63) is 53.6 Å². The van der Waals surface area contributed by atoms with Gasteiger partial charge in [-0.1, -0.05) is 18.2 Å². The molecule has 0 bridgehead atoms. The van der Waals surface area contributed by atoms with Gasteiger partial charge in [-0.05, 0) is 31.2 Å². The van der Waals surface area contributed by atoms with Crippen molar-refractivity contribution in [1.29, 1.82) is 0 Å². The fourth-order valence-electron chi connectivity index (χ4n) is 2.88. The molecule has 0 saturated carbocycles. The molecule has 5 nitrogen and oxygen atoms in total. The molecule has 3 rings (SSSR count). The fourth-order valence-corrected chi connectivity index (χ4v) is 6.34. The third-order valence-corrected chi connectivity index (χ3v) is 7.15. The molecule has 0 N–H and O–H groups in total. The predicted octanol–water partition coefficient (Wildman–Crippen LogP) is 3.49. The number of thioether (sulfide) groups is 1. The Hall–Kier alpha value is -1.99. The lowest BCUT2D eigenvalue weighted by atomic mass is 10.1. The van der Waals surface area contributed by atoms with Gasteiger partial charge in [0.05, 0.1) is 29.6 Å². The van der Waals surface area contributed by atoms with E-state index in [1.165, 1.54) is 31.0 Å². The zero-order valence-corrected chi connectivity index (χ0v) is 15.5. The molecule has 7 heteroatoms. The van der Waals surface area contributed by atoms with Crippen LogP contribution in [-0.4, -0.2) is 33.9 Å². The van der Waals surface area contributed by atoms with Gasteiger partial charge in [-0.3, -0.25) is 0 Å². The summed E-state index contributed by atoms with van der Waals surface area (Å²) in [5, 5.41) is -0.341. The van der Waals surface area contributed by atoms with Gasteiger partial charge < -0.3 is 9.47 Å². The minimum atomic E-state index is -3.42. The van der Waals surface area contributed by atoms with Gasteiger partial charge in [0.15, 0.2) is 9.84 Å². The van der Waals surface area contributed by atoms with E-state index in [9.17, 15) is 13.2 Å². The number of methoxy groups -OCH3 is 1. The molecule has 1 aliphatic rings. The van der Waals surface area contributed by atoms with Gasteiger partial charge in [0.1, 0.15) is 11.3 Å². The van der Waals surface area contributed by atoms with Crippen molar-refractivity contribution in [2.45, 2.75) is 22.0 Å². The van der Waals surface area contributed by atoms with Gasteiger partial charge in [-0.25, -0.2) is 13.2 Å². The van der Waals surface area contributed by atoms with E-state index in [2.05, 4.69) is 0 Å². The molecule has 25 heavy (non-hydrogen) atoms. The van der Waals surface area contributed by atoms with E-state index in [-0.39, 0.29) is 33.8 Å². The first-order chi connectivity index (χ1) is 12.0. The van der Waals surface area contributed by atoms with Crippen LogP contribution >= 0.6 is 11.8 Å². The lowest BCUT2D eigenvalue weighted by Crippen LogP contribution is -2.09. The number of esters is 1. The average molecular weight is 378 g/mol.